The molecule has 0 saturated carbocycles. The lowest BCUT2D eigenvalue weighted by Crippen LogP contribution is -1.88. The first-order valence-electron chi connectivity index (χ1n) is 6.02. The number of nitrogens with zero attached hydrogens (tertiary/aromatic N) is 1. The Kier molecular flexibility index (Phi) is 4.76. The summed E-state index contributed by atoms with van der Waals surface area (Å²) in [5, 5.41) is 4.84. The lowest BCUT2D eigenvalue weighted by atomic mass is 10.2. The first kappa shape index (κ1) is 13.4. The van der Waals surface area contributed by atoms with Crippen LogP contribution in [0.25, 0.3) is 6.08 Å². The van der Waals surface area contributed by atoms with E-state index in [0.717, 1.165) is 21.8 Å². The lowest BCUT2D eigenvalue weighted by Gasteiger charge is -2.02. The Morgan fingerprint density at radius 2 is 1.89 bits per heavy atom. The van der Waals surface area contributed by atoms with Crippen LogP contribution in [-0.4, -0.2) is 6.21 Å². The number of benzene rings is 2. The van der Waals surface area contributed by atoms with Crippen LogP contribution in [-0.2, 0) is 0 Å². The Morgan fingerprint density at radius 1 is 1.11 bits per heavy atom. The van der Waals surface area contributed by atoms with E-state index in [9.17, 15) is 0 Å². The largest absolute Gasteiger partial charge is 0.278 e. The minimum Gasteiger partial charge on any atom is -0.278 e. The molecule has 0 aliphatic heterocycles. The number of halogens is 1. The molecule has 1 N–H and O–H groups in total. The number of hydrogen-bond donors (Lipinski definition) is 1. The van der Waals surface area contributed by atoms with Crippen LogP contribution in [0.5, 0.6) is 0 Å². The van der Waals surface area contributed by atoms with Gasteiger partial charge in [-0.1, -0.05) is 54.1 Å². The summed E-state index contributed by atoms with van der Waals surface area (Å²) in [6.07, 6.45) is 5.59. The average molecular weight is 271 g/mol. The van der Waals surface area contributed by atoms with E-state index in [1.165, 1.54) is 0 Å². The molecule has 2 nitrogen and oxygen atoms in total. The second kappa shape index (κ2) is 6.76. The highest BCUT2D eigenvalue weighted by Gasteiger charge is 1.95. The molecule has 0 fully saturated rings. The van der Waals surface area contributed by atoms with Crippen LogP contribution < -0.4 is 5.43 Å². The predicted octanol–water partition coefficient (Wildman–Crippen LogP) is 4.76. The molecule has 2 aromatic carbocycles. The molecule has 3 heteroatoms. The van der Waals surface area contributed by atoms with Crippen molar-refractivity contribution in [3.05, 3.63) is 70.8 Å². The highest BCUT2D eigenvalue weighted by atomic mass is 35.5. The van der Waals surface area contributed by atoms with E-state index in [1.807, 2.05) is 67.6 Å². The van der Waals surface area contributed by atoms with E-state index in [4.69, 9.17) is 11.6 Å². The Labute approximate surface area is 118 Å². The number of anilines is 1. The van der Waals surface area contributed by atoms with Gasteiger partial charge in [-0.2, -0.15) is 5.10 Å². The van der Waals surface area contributed by atoms with Crippen LogP contribution in [0.1, 0.15) is 11.1 Å². The lowest BCUT2D eigenvalue weighted by molar-refractivity contribution is 1.34. The number of rotatable bonds is 4. The van der Waals surface area contributed by atoms with Gasteiger partial charge in [0.05, 0.1) is 5.69 Å². The molecule has 0 unspecified atom stereocenters. The van der Waals surface area contributed by atoms with Crippen LogP contribution in [0, 0.1) is 6.92 Å². The fourth-order valence-electron chi connectivity index (χ4n) is 1.54. The van der Waals surface area contributed by atoms with E-state index in [-0.39, 0.29) is 0 Å². The molecule has 19 heavy (non-hydrogen) atoms. The zero-order chi connectivity index (χ0) is 13.5. The van der Waals surface area contributed by atoms with Gasteiger partial charge in [-0.25, -0.2) is 0 Å². The van der Waals surface area contributed by atoms with E-state index in [0.29, 0.717) is 0 Å². The van der Waals surface area contributed by atoms with Crippen LogP contribution in [0.15, 0.2) is 59.7 Å². The maximum atomic E-state index is 6.03. The van der Waals surface area contributed by atoms with Crippen LogP contribution in [0.3, 0.4) is 0 Å². The molecule has 0 heterocycles. The van der Waals surface area contributed by atoms with Gasteiger partial charge in [0.25, 0.3) is 0 Å². The van der Waals surface area contributed by atoms with Gasteiger partial charge in [-0.15, -0.1) is 0 Å². The monoisotopic (exact) mass is 270 g/mol. The first-order valence-corrected chi connectivity index (χ1v) is 6.40. The standard InChI is InChI=1S/C16H15ClN2/c1-13-9-10-15(12-16(13)17)19-18-11-5-8-14-6-3-2-4-7-14/h2-12,19H,1H3/b8-5+,18-11-. The molecular formula is C16H15ClN2. The van der Waals surface area contributed by atoms with Gasteiger partial charge in [-0.05, 0) is 36.3 Å². The Morgan fingerprint density at radius 3 is 2.63 bits per heavy atom. The molecule has 2 aromatic rings. The quantitative estimate of drug-likeness (QED) is 0.629. The van der Waals surface area contributed by atoms with E-state index < -0.39 is 0 Å². The van der Waals surface area contributed by atoms with Crippen molar-refractivity contribution in [2.24, 2.45) is 5.10 Å². The van der Waals surface area contributed by atoms with Crippen molar-refractivity contribution in [1.29, 1.82) is 0 Å². The smallest absolute Gasteiger partial charge is 0.0576 e. The van der Waals surface area contributed by atoms with Crippen molar-refractivity contribution in [2.45, 2.75) is 6.92 Å². The topological polar surface area (TPSA) is 24.4 Å². The average Bonchev–Trinajstić information content (AvgIpc) is 2.43. The third-order valence-corrected chi connectivity index (χ3v) is 3.02. The van der Waals surface area contributed by atoms with E-state index in [2.05, 4.69) is 10.5 Å². The van der Waals surface area contributed by atoms with E-state index >= 15 is 0 Å². The maximum absolute atomic E-state index is 6.03. The molecule has 96 valence electrons. The number of allylic oxidation sites excluding steroid dienone is 1. The zero-order valence-corrected chi connectivity index (χ0v) is 11.4. The summed E-state index contributed by atoms with van der Waals surface area (Å²) in [5.41, 5.74) is 6.01. The minimum atomic E-state index is 0.736. The number of nitrogens with one attached hydrogen (secondary N) is 1. The SMILES string of the molecule is Cc1ccc(N/N=C\C=C\c2ccccc2)cc1Cl. The number of hydrazone groups is 1. The highest BCUT2D eigenvalue weighted by Crippen LogP contribution is 2.19. The minimum absolute atomic E-state index is 0.736. The maximum Gasteiger partial charge on any atom is 0.0576 e. The van der Waals surface area contributed by atoms with Gasteiger partial charge in [0.1, 0.15) is 0 Å². The Bertz CT molecular complexity index is 589. The molecule has 0 aromatic heterocycles. The molecular weight excluding hydrogens is 256 g/mol. The van der Waals surface area contributed by atoms with Crippen molar-refractivity contribution in [2.75, 3.05) is 5.43 Å². The second-order valence-corrected chi connectivity index (χ2v) is 4.53. The third kappa shape index (κ3) is 4.27. The van der Waals surface area contributed by atoms with Gasteiger partial charge in [0.15, 0.2) is 0 Å². The van der Waals surface area contributed by atoms with Crippen LogP contribution in [0.2, 0.25) is 5.02 Å². The number of hydrogen-bond acceptors (Lipinski definition) is 2. The Balaban J connectivity index is 1.90. The summed E-state index contributed by atoms with van der Waals surface area (Å²) in [7, 11) is 0. The molecule has 0 amide bonds. The normalized spacial score (nSPS) is 11.3. The third-order valence-electron chi connectivity index (χ3n) is 2.61. The van der Waals surface area contributed by atoms with E-state index in [1.54, 1.807) is 6.21 Å². The van der Waals surface area contributed by atoms with Gasteiger partial charge < -0.3 is 0 Å². The van der Waals surface area contributed by atoms with Crippen molar-refractivity contribution in [1.82, 2.24) is 0 Å². The fourth-order valence-corrected chi connectivity index (χ4v) is 1.72. The summed E-state index contributed by atoms with van der Waals surface area (Å²) >= 11 is 6.03. The molecule has 0 atom stereocenters. The summed E-state index contributed by atoms with van der Waals surface area (Å²) in [4.78, 5) is 0. The summed E-state index contributed by atoms with van der Waals surface area (Å²) in [5.74, 6) is 0. The van der Waals surface area contributed by atoms with Crippen molar-refractivity contribution >= 4 is 29.6 Å². The highest BCUT2D eigenvalue weighted by molar-refractivity contribution is 6.31. The zero-order valence-electron chi connectivity index (χ0n) is 10.7. The van der Waals surface area contributed by atoms with Crippen molar-refractivity contribution in [3.63, 3.8) is 0 Å². The second-order valence-electron chi connectivity index (χ2n) is 4.12. The fraction of sp³-hybridized carbons (Fsp3) is 0.0625. The molecule has 0 saturated heterocycles. The van der Waals surface area contributed by atoms with Gasteiger partial charge in [0, 0.05) is 11.2 Å². The van der Waals surface area contributed by atoms with Gasteiger partial charge in [-0.3, -0.25) is 5.43 Å². The summed E-state index contributed by atoms with van der Waals surface area (Å²) in [6.45, 7) is 1.97. The molecule has 0 spiro atoms. The van der Waals surface area contributed by atoms with Gasteiger partial charge in [0.2, 0.25) is 0 Å². The molecule has 0 aliphatic rings. The number of aryl methyl sites for hydroxylation is 1. The van der Waals surface area contributed by atoms with Crippen LogP contribution >= 0.6 is 11.6 Å². The molecule has 0 bridgehead atoms. The Hall–Kier alpha value is -2.06. The van der Waals surface area contributed by atoms with Crippen molar-refractivity contribution in [3.8, 4) is 0 Å². The predicted molar refractivity (Wildman–Crippen MR) is 83.8 cm³/mol. The van der Waals surface area contributed by atoms with Crippen molar-refractivity contribution < 1.29 is 0 Å². The summed E-state index contributed by atoms with van der Waals surface area (Å²) in [6, 6.07) is 15.8. The molecule has 0 radical (unpaired) electrons. The van der Waals surface area contributed by atoms with Gasteiger partial charge >= 0.3 is 0 Å². The van der Waals surface area contributed by atoms with Crippen LogP contribution in [0.4, 0.5) is 5.69 Å². The molecule has 2 rings (SSSR count). The summed E-state index contributed by atoms with van der Waals surface area (Å²) < 4.78 is 0. The molecule has 0 aliphatic carbocycles. The first-order chi connectivity index (χ1) is 9.25.